The summed E-state index contributed by atoms with van der Waals surface area (Å²) >= 11 is 0. The van der Waals surface area contributed by atoms with Gasteiger partial charge in [0, 0.05) is 24.4 Å². The van der Waals surface area contributed by atoms with Crippen molar-refractivity contribution in [1.29, 1.82) is 0 Å². The lowest BCUT2D eigenvalue weighted by Crippen LogP contribution is -2.28. The smallest absolute Gasteiger partial charge is 0.260 e. The van der Waals surface area contributed by atoms with Crippen LogP contribution >= 0.6 is 0 Å². The van der Waals surface area contributed by atoms with Crippen LogP contribution in [0, 0.1) is 13.8 Å². The zero-order valence-corrected chi connectivity index (χ0v) is 17.7. The van der Waals surface area contributed by atoms with E-state index in [1.165, 1.54) is 0 Å². The molecule has 3 aromatic rings. The number of hydrogen-bond donors (Lipinski definition) is 2. The van der Waals surface area contributed by atoms with Gasteiger partial charge in [0.25, 0.3) is 11.8 Å². The molecule has 1 heterocycles. The predicted molar refractivity (Wildman–Crippen MR) is 115 cm³/mol. The molecule has 1 aromatic heterocycles. The first kappa shape index (κ1) is 21.2. The highest BCUT2D eigenvalue weighted by Gasteiger charge is 2.18. The van der Waals surface area contributed by atoms with E-state index in [4.69, 9.17) is 4.52 Å². The van der Waals surface area contributed by atoms with Gasteiger partial charge in [0.2, 0.25) is 5.91 Å². The lowest BCUT2D eigenvalue weighted by molar-refractivity contribution is -0.116. The second-order valence-electron chi connectivity index (χ2n) is 7.48. The van der Waals surface area contributed by atoms with Gasteiger partial charge < -0.3 is 15.2 Å². The number of hydrogen-bond acceptors (Lipinski definition) is 5. The molecule has 0 saturated heterocycles. The number of carbonyl (C=O) groups excluding carboxylic acids is 2. The van der Waals surface area contributed by atoms with Crippen LogP contribution in [0.5, 0.6) is 0 Å². The number of aromatic nitrogens is 2. The van der Waals surface area contributed by atoms with Crippen LogP contribution in [0.3, 0.4) is 0 Å². The van der Waals surface area contributed by atoms with Crippen LogP contribution in [0.15, 0.2) is 47.0 Å². The molecule has 0 atom stereocenters. The van der Waals surface area contributed by atoms with Crippen molar-refractivity contribution in [3.05, 3.63) is 65.0 Å². The molecule has 0 bridgehead atoms. The Kier molecular flexibility index (Phi) is 6.61. The van der Waals surface area contributed by atoms with Crippen LogP contribution in [0.2, 0.25) is 0 Å². The topological polar surface area (TPSA) is 97.1 Å². The number of rotatable bonds is 7. The van der Waals surface area contributed by atoms with Gasteiger partial charge in [-0.05, 0) is 37.1 Å². The molecular weight excluding hydrogens is 380 g/mol. The Morgan fingerprint density at radius 1 is 1.03 bits per heavy atom. The molecule has 2 amide bonds. The van der Waals surface area contributed by atoms with E-state index in [1.54, 1.807) is 6.07 Å². The maximum absolute atomic E-state index is 12.5. The SMILES string of the molecule is Cc1ccccc1C(=O)NCCC(=O)Nc1c(C)cccc1-c1nc(C(C)C)no1. The number of amides is 2. The first-order chi connectivity index (χ1) is 14.4. The number of anilines is 1. The van der Waals surface area contributed by atoms with Crippen molar-refractivity contribution in [2.24, 2.45) is 0 Å². The Morgan fingerprint density at radius 2 is 1.77 bits per heavy atom. The highest BCUT2D eigenvalue weighted by Crippen LogP contribution is 2.30. The van der Waals surface area contributed by atoms with Crippen LogP contribution < -0.4 is 10.6 Å². The molecule has 2 aromatic carbocycles. The maximum Gasteiger partial charge on any atom is 0.260 e. The van der Waals surface area contributed by atoms with Gasteiger partial charge in [-0.2, -0.15) is 4.98 Å². The standard InChI is InChI=1S/C23H26N4O3/c1-14(2)21-26-23(30-27-21)18-11-7-9-16(4)20(18)25-19(28)12-13-24-22(29)17-10-6-5-8-15(17)3/h5-11,14H,12-13H2,1-4H3,(H,24,29)(H,25,28). The molecule has 156 valence electrons. The molecule has 0 aliphatic heterocycles. The van der Waals surface area contributed by atoms with Gasteiger partial charge in [0.15, 0.2) is 5.82 Å². The van der Waals surface area contributed by atoms with Crippen LogP contribution in [-0.4, -0.2) is 28.5 Å². The summed E-state index contributed by atoms with van der Waals surface area (Å²) < 4.78 is 5.39. The summed E-state index contributed by atoms with van der Waals surface area (Å²) in [6.45, 7) is 7.98. The van der Waals surface area contributed by atoms with Gasteiger partial charge >= 0.3 is 0 Å². The molecule has 30 heavy (non-hydrogen) atoms. The Hall–Kier alpha value is -3.48. The molecule has 0 aliphatic rings. The lowest BCUT2D eigenvalue weighted by atomic mass is 10.1. The first-order valence-corrected chi connectivity index (χ1v) is 9.94. The summed E-state index contributed by atoms with van der Waals surface area (Å²) in [4.78, 5) is 29.2. The zero-order valence-electron chi connectivity index (χ0n) is 17.7. The van der Waals surface area contributed by atoms with E-state index in [0.29, 0.717) is 28.5 Å². The van der Waals surface area contributed by atoms with Crippen molar-refractivity contribution in [1.82, 2.24) is 15.5 Å². The van der Waals surface area contributed by atoms with Gasteiger partial charge in [0.05, 0.1) is 11.3 Å². The Bertz CT molecular complexity index is 1060. The second-order valence-corrected chi connectivity index (χ2v) is 7.48. The molecular formula is C23H26N4O3. The minimum Gasteiger partial charge on any atom is -0.352 e. The molecule has 7 nitrogen and oxygen atoms in total. The van der Waals surface area contributed by atoms with E-state index >= 15 is 0 Å². The van der Waals surface area contributed by atoms with Gasteiger partial charge in [-0.15, -0.1) is 0 Å². The molecule has 2 N–H and O–H groups in total. The highest BCUT2D eigenvalue weighted by molar-refractivity contribution is 5.97. The minimum atomic E-state index is -0.209. The van der Waals surface area contributed by atoms with E-state index in [2.05, 4.69) is 20.8 Å². The van der Waals surface area contributed by atoms with E-state index in [-0.39, 0.29) is 30.7 Å². The van der Waals surface area contributed by atoms with Crippen LogP contribution in [0.4, 0.5) is 5.69 Å². The molecule has 0 saturated carbocycles. The average molecular weight is 406 g/mol. The lowest BCUT2D eigenvalue weighted by Gasteiger charge is -2.12. The Morgan fingerprint density at radius 3 is 2.47 bits per heavy atom. The van der Waals surface area contributed by atoms with Crippen LogP contribution in [0.25, 0.3) is 11.5 Å². The maximum atomic E-state index is 12.5. The summed E-state index contributed by atoms with van der Waals surface area (Å²) in [5, 5.41) is 9.72. The number of nitrogens with zero attached hydrogens (tertiary/aromatic N) is 2. The first-order valence-electron chi connectivity index (χ1n) is 9.94. The van der Waals surface area contributed by atoms with Gasteiger partial charge in [0.1, 0.15) is 0 Å². The van der Waals surface area contributed by atoms with Crippen LogP contribution in [-0.2, 0) is 4.79 Å². The average Bonchev–Trinajstić information content (AvgIpc) is 3.20. The quantitative estimate of drug-likeness (QED) is 0.612. The normalized spacial score (nSPS) is 10.8. The van der Waals surface area contributed by atoms with Crippen molar-refractivity contribution >= 4 is 17.5 Å². The number of aryl methyl sites for hydroxylation is 2. The van der Waals surface area contributed by atoms with Gasteiger partial charge in [-0.25, -0.2) is 0 Å². The number of carbonyl (C=O) groups is 2. The Balaban J connectivity index is 1.65. The van der Waals surface area contributed by atoms with E-state index in [1.807, 2.05) is 64.1 Å². The van der Waals surface area contributed by atoms with E-state index in [9.17, 15) is 9.59 Å². The second kappa shape index (κ2) is 9.35. The third-order valence-electron chi connectivity index (χ3n) is 4.75. The summed E-state index contributed by atoms with van der Waals surface area (Å²) in [6, 6.07) is 13.0. The molecule has 0 spiro atoms. The fourth-order valence-electron chi connectivity index (χ4n) is 3.01. The summed E-state index contributed by atoms with van der Waals surface area (Å²) in [6.07, 6.45) is 0.145. The van der Waals surface area contributed by atoms with Crippen molar-refractivity contribution in [3.8, 4) is 11.5 Å². The third kappa shape index (κ3) is 4.92. The molecule has 0 fully saturated rings. The van der Waals surface area contributed by atoms with Crippen molar-refractivity contribution < 1.29 is 14.1 Å². The van der Waals surface area contributed by atoms with Crippen molar-refractivity contribution in [3.63, 3.8) is 0 Å². The summed E-state index contributed by atoms with van der Waals surface area (Å²) in [5.41, 5.74) is 3.69. The van der Waals surface area contributed by atoms with E-state index in [0.717, 1.165) is 11.1 Å². The van der Waals surface area contributed by atoms with Crippen molar-refractivity contribution in [2.75, 3.05) is 11.9 Å². The largest absolute Gasteiger partial charge is 0.352 e. The van der Waals surface area contributed by atoms with E-state index < -0.39 is 0 Å². The van der Waals surface area contributed by atoms with Crippen molar-refractivity contribution in [2.45, 2.75) is 40.0 Å². The minimum absolute atomic E-state index is 0.141. The molecule has 0 unspecified atom stereocenters. The van der Waals surface area contributed by atoms with Gasteiger partial charge in [-0.1, -0.05) is 49.3 Å². The number of benzene rings is 2. The zero-order chi connectivity index (χ0) is 21.7. The van der Waals surface area contributed by atoms with Gasteiger partial charge in [-0.3, -0.25) is 9.59 Å². The Labute approximate surface area is 175 Å². The third-order valence-corrected chi connectivity index (χ3v) is 4.75. The highest BCUT2D eigenvalue weighted by atomic mass is 16.5. The monoisotopic (exact) mass is 406 g/mol. The summed E-state index contributed by atoms with van der Waals surface area (Å²) in [7, 11) is 0. The molecule has 3 rings (SSSR count). The molecule has 0 radical (unpaired) electrons. The fourth-order valence-corrected chi connectivity index (χ4v) is 3.01. The number of para-hydroxylation sites is 1. The number of nitrogens with one attached hydrogen (secondary N) is 2. The molecule has 0 aliphatic carbocycles. The van der Waals surface area contributed by atoms with Crippen LogP contribution in [0.1, 0.15) is 53.5 Å². The predicted octanol–water partition coefficient (Wildman–Crippen LogP) is 4.24. The fraction of sp³-hybridized carbons (Fsp3) is 0.304. The summed E-state index contributed by atoms with van der Waals surface area (Å²) in [5.74, 6) is 0.722. The molecule has 7 heteroatoms.